The number of hydrogen-bond acceptors (Lipinski definition) is 6. The predicted molar refractivity (Wildman–Crippen MR) is 179 cm³/mol. The first-order chi connectivity index (χ1) is 22.7. The number of benzene rings is 4. The van der Waals surface area contributed by atoms with E-state index >= 15 is 0 Å². The average Bonchev–Trinajstić information content (AvgIpc) is 3.36. The molecule has 3 aliphatic carbocycles. The van der Waals surface area contributed by atoms with E-state index in [2.05, 4.69) is 15.9 Å². The summed E-state index contributed by atoms with van der Waals surface area (Å²) in [6.07, 6.45) is 3.74. The first-order valence-electron chi connectivity index (χ1n) is 15.4. The minimum absolute atomic E-state index is 0.0981. The molecule has 0 bridgehead atoms. The van der Waals surface area contributed by atoms with Crippen LogP contribution in [0.2, 0.25) is 0 Å². The summed E-state index contributed by atoms with van der Waals surface area (Å²) in [7, 11) is 0. The first-order valence-corrected chi connectivity index (χ1v) is 16.2. The van der Waals surface area contributed by atoms with Gasteiger partial charge in [0.2, 0.25) is 11.8 Å². The molecule has 4 aromatic rings. The number of hydrogen-bond donors (Lipinski definition) is 1. The lowest BCUT2D eigenvalue weighted by atomic mass is 9.59. The van der Waals surface area contributed by atoms with E-state index < -0.39 is 23.7 Å². The molecule has 4 aliphatic rings. The molecular formula is C39H26BrNO6. The molecule has 1 saturated heterocycles. The number of amides is 2. The number of phenols is 1. The Morgan fingerprint density at radius 2 is 1.45 bits per heavy atom. The standard InChI is InChI=1S/C39H26BrNO6/c40-30-19-32(43)35-29(37(30)45)18-28-26(33(35)25-16-17-31(42)24-9-5-4-8-23(24)25)14-15-27-34(28)39(47)41(38(27)46)22-12-10-21(11-13-22)36(44)20-6-2-1-3-7-20/h1-14,16-17,19,27-28,33-34,42H,15,18H2/t27-,28+,33-,34-/m0/s1. The number of carbonyl (C=O) groups excluding carboxylic acids is 5. The molecule has 47 heavy (non-hydrogen) atoms. The van der Waals surface area contributed by atoms with Crippen molar-refractivity contribution in [3.63, 3.8) is 0 Å². The van der Waals surface area contributed by atoms with Gasteiger partial charge in [-0.15, -0.1) is 0 Å². The topological polar surface area (TPSA) is 109 Å². The lowest BCUT2D eigenvalue weighted by molar-refractivity contribution is -0.123. The molecule has 8 heteroatoms. The summed E-state index contributed by atoms with van der Waals surface area (Å²) in [5.74, 6) is -3.83. The Labute approximate surface area is 278 Å². The highest BCUT2D eigenvalue weighted by Gasteiger charge is 2.56. The van der Waals surface area contributed by atoms with E-state index in [9.17, 15) is 29.1 Å². The fourth-order valence-corrected chi connectivity index (χ4v) is 8.34. The molecule has 2 amide bonds. The molecule has 4 atom stereocenters. The highest BCUT2D eigenvalue weighted by molar-refractivity contribution is 9.12. The minimum Gasteiger partial charge on any atom is -0.507 e. The number of anilines is 1. The lowest BCUT2D eigenvalue weighted by Crippen LogP contribution is -2.39. The van der Waals surface area contributed by atoms with Gasteiger partial charge in [-0.1, -0.05) is 72.3 Å². The Hall–Kier alpha value is -5.21. The van der Waals surface area contributed by atoms with Crippen molar-refractivity contribution in [1.82, 2.24) is 0 Å². The molecule has 0 spiro atoms. The van der Waals surface area contributed by atoms with Gasteiger partial charge in [-0.2, -0.15) is 0 Å². The van der Waals surface area contributed by atoms with Gasteiger partial charge in [0.1, 0.15) is 5.75 Å². The van der Waals surface area contributed by atoms with Gasteiger partial charge in [-0.25, -0.2) is 0 Å². The van der Waals surface area contributed by atoms with Crippen molar-refractivity contribution in [1.29, 1.82) is 0 Å². The van der Waals surface area contributed by atoms with Gasteiger partial charge in [0.25, 0.3) is 0 Å². The molecule has 4 aromatic carbocycles. The number of carbonyl (C=O) groups is 5. The summed E-state index contributed by atoms with van der Waals surface area (Å²) < 4.78 is 0.163. The Morgan fingerprint density at radius 1 is 0.766 bits per heavy atom. The molecule has 1 aliphatic heterocycles. The maximum atomic E-state index is 14.3. The van der Waals surface area contributed by atoms with E-state index in [-0.39, 0.29) is 45.8 Å². The third-order valence-electron chi connectivity index (χ3n) is 10.0. The third kappa shape index (κ3) is 4.42. The summed E-state index contributed by atoms with van der Waals surface area (Å²) in [6.45, 7) is 0. The Kier molecular flexibility index (Phi) is 6.81. The number of aromatic hydroxyl groups is 1. The van der Waals surface area contributed by atoms with Crippen LogP contribution in [0.1, 0.15) is 40.2 Å². The van der Waals surface area contributed by atoms with E-state index in [0.29, 0.717) is 39.8 Å². The van der Waals surface area contributed by atoms with Gasteiger partial charge in [0, 0.05) is 39.7 Å². The van der Waals surface area contributed by atoms with Gasteiger partial charge in [-0.3, -0.25) is 28.9 Å². The molecule has 0 aromatic heterocycles. The number of ketones is 3. The van der Waals surface area contributed by atoms with Gasteiger partial charge in [0.15, 0.2) is 17.3 Å². The number of rotatable bonds is 4. The van der Waals surface area contributed by atoms with Crippen LogP contribution >= 0.6 is 15.9 Å². The molecule has 1 fully saturated rings. The predicted octanol–water partition coefficient (Wildman–Crippen LogP) is 6.74. The highest BCUT2D eigenvalue weighted by Crippen LogP contribution is 2.56. The summed E-state index contributed by atoms with van der Waals surface area (Å²) in [5.41, 5.74) is 3.67. The summed E-state index contributed by atoms with van der Waals surface area (Å²) in [5, 5.41) is 12.0. The van der Waals surface area contributed by atoms with Crippen LogP contribution < -0.4 is 4.90 Å². The van der Waals surface area contributed by atoms with E-state index in [1.165, 1.54) is 11.0 Å². The highest BCUT2D eigenvalue weighted by atomic mass is 79.9. The van der Waals surface area contributed by atoms with Crippen molar-refractivity contribution in [3.8, 4) is 5.75 Å². The Balaban J connectivity index is 1.20. The fraction of sp³-hybridized carbons (Fsp3) is 0.154. The van der Waals surface area contributed by atoms with E-state index in [1.807, 2.05) is 30.3 Å². The van der Waals surface area contributed by atoms with Gasteiger partial charge in [0.05, 0.1) is 22.0 Å². The molecule has 1 heterocycles. The van der Waals surface area contributed by atoms with Crippen LogP contribution in [0.15, 0.2) is 124 Å². The second kappa shape index (κ2) is 11.0. The van der Waals surface area contributed by atoms with Crippen molar-refractivity contribution in [2.24, 2.45) is 17.8 Å². The zero-order valence-corrected chi connectivity index (χ0v) is 26.4. The van der Waals surface area contributed by atoms with Crippen molar-refractivity contribution < 1.29 is 29.1 Å². The third-order valence-corrected chi connectivity index (χ3v) is 10.6. The SMILES string of the molecule is O=C1C=C(Br)C(=O)C2=C1[C@@H](c1ccc(O)c3ccccc13)C1=CC[C@@H]3C(=O)N(c4ccc(C(=O)c5ccccc5)cc4)C(=O)[C@@H]3[C@@H]1C2. The number of halogens is 1. The van der Waals surface area contributed by atoms with Crippen LogP contribution in [0, 0.1) is 17.8 Å². The monoisotopic (exact) mass is 683 g/mol. The average molecular weight is 685 g/mol. The molecule has 0 saturated carbocycles. The number of imide groups is 1. The van der Waals surface area contributed by atoms with Crippen molar-refractivity contribution in [2.75, 3.05) is 4.90 Å². The number of Topliss-reactive ketones (excluding diaryl/α,β-unsaturated/α-hetero) is 1. The second-order valence-electron chi connectivity index (χ2n) is 12.4. The largest absolute Gasteiger partial charge is 0.507 e. The molecule has 0 radical (unpaired) electrons. The Morgan fingerprint density at radius 3 is 2.19 bits per heavy atom. The quantitative estimate of drug-likeness (QED) is 0.110. The van der Waals surface area contributed by atoms with Crippen molar-refractivity contribution >= 4 is 61.6 Å². The van der Waals surface area contributed by atoms with E-state index in [0.717, 1.165) is 16.5 Å². The number of phenolic OH excluding ortho intramolecular Hbond substituents is 1. The number of nitrogens with zero attached hydrogens (tertiary/aromatic N) is 1. The van der Waals surface area contributed by atoms with Gasteiger partial charge >= 0.3 is 0 Å². The molecule has 1 N–H and O–H groups in total. The van der Waals surface area contributed by atoms with E-state index in [4.69, 9.17) is 0 Å². The summed E-state index contributed by atoms with van der Waals surface area (Å²) in [6, 6.07) is 26.1. The smallest absolute Gasteiger partial charge is 0.238 e. The van der Waals surface area contributed by atoms with E-state index in [1.54, 1.807) is 66.7 Å². The second-order valence-corrected chi connectivity index (χ2v) is 13.2. The van der Waals surface area contributed by atoms with Crippen molar-refractivity contribution in [2.45, 2.75) is 18.8 Å². The fourth-order valence-electron chi connectivity index (χ4n) is 7.89. The van der Waals surface area contributed by atoms with Gasteiger partial charge in [-0.05, 0) is 76.0 Å². The van der Waals surface area contributed by atoms with Crippen LogP contribution in [0.5, 0.6) is 5.75 Å². The van der Waals surface area contributed by atoms with Crippen LogP contribution in [-0.4, -0.2) is 34.3 Å². The normalized spacial score (nSPS) is 23.7. The first kappa shape index (κ1) is 29.2. The number of fused-ring (bicyclic) bond motifs is 4. The molecule has 7 nitrogen and oxygen atoms in total. The van der Waals surface area contributed by atoms with Crippen molar-refractivity contribution in [3.05, 3.63) is 141 Å². The maximum Gasteiger partial charge on any atom is 0.238 e. The van der Waals surface area contributed by atoms with Crippen LogP contribution in [0.3, 0.4) is 0 Å². The number of allylic oxidation sites excluding steroid dienone is 6. The molecule has 8 rings (SSSR count). The Bertz CT molecular complexity index is 2180. The van der Waals surface area contributed by atoms with Gasteiger partial charge < -0.3 is 5.11 Å². The zero-order valence-electron chi connectivity index (χ0n) is 24.9. The van der Waals surface area contributed by atoms with Crippen LogP contribution in [0.4, 0.5) is 5.69 Å². The zero-order chi connectivity index (χ0) is 32.6. The summed E-state index contributed by atoms with van der Waals surface area (Å²) >= 11 is 3.27. The minimum atomic E-state index is -0.736. The maximum absolute atomic E-state index is 14.3. The lowest BCUT2D eigenvalue weighted by Gasteiger charge is -2.42. The van der Waals surface area contributed by atoms with Crippen LogP contribution in [0.25, 0.3) is 10.8 Å². The van der Waals surface area contributed by atoms with Crippen LogP contribution in [-0.2, 0) is 19.2 Å². The molecule has 230 valence electrons. The molecule has 0 unspecified atom stereocenters. The summed E-state index contributed by atoms with van der Waals surface area (Å²) in [4.78, 5) is 69.7. The molecular weight excluding hydrogens is 658 g/mol.